The first-order valence-corrected chi connectivity index (χ1v) is 8.90. The van der Waals surface area contributed by atoms with Crippen LogP contribution < -0.4 is 10.9 Å². The van der Waals surface area contributed by atoms with Crippen molar-refractivity contribution in [2.24, 2.45) is 0 Å². The number of aliphatic carboxylic acids is 1. The third-order valence-electron chi connectivity index (χ3n) is 4.78. The lowest BCUT2D eigenvalue weighted by Crippen LogP contribution is -2.45. The van der Waals surface area contributed by atoms with Crippen molar-refractivity contribution in [3.63, 3.8) is 0 Å². The Balaban J connectivity index is 2.02. The number of hydrogen-bond acceptors (Lipinski definition) is 6. The van der Waals surface area contributed by atoms with Gasteiger partial charge in [0.1, 0.15) is 11.3 Å². The number of aliphatic hydroxyl groups excluding tert-OH is 1. The quantitative estimate of drug-likeness (QED) is 0.520. The molecule has 4 N–H and O–H groups in total. The van der Waals surface area contributed by atoms with E-state index in [1.165, 1.54) is 12.1 Å². The average Bonchev–Trinajstić information content (AvgIpc) is 3.19. The van der Waals surface area contributed by atoms with Crippen molar-refractivity contribution in [2.45, 2.75) is 32.0 Å². The maximum atomic E-state index is 13.0. The van der Waals surface area contributed by atoms with Gasteiger partial charge in [-0.1, -0.05) is 12.1 Å². The smallest absolute Gasteiger partial charge is 0.416 e. The molecule has 0 spiro atoms. The number of benzene rings is 1. The molecule has 1 aromatic heterocycles. The summed E-state index contributed by atoms with van der Waals surface area (Å²) < 4.78 is 44.6. The molecular formula is C19H17F3N2O7. The summed E-state index contributed by atoms with van der Waals surface area (Å²) in [7, 11) is 0. The molecule has 2 heterocycles. The Labute approximate surface area is 172 Å². The van der Waals surface area contributed by atoms with Crippen molar-refractivity contribution >= 4 is 11.9 Å². The van der Waals surface area contributed by atoms with E-state index >= 15 is 0 Å². The standard InChI is InChI=1S/C19H17F3N2O7/c20-19(21,22)10-3-1-9(2-4-10)5-24-13-8-31-7-11(13)15(26)14(17(24)28)16(27)23-12(6-25)18(29)30/h1-4,12,25-26H,5-8H2,(H,23,27)(H,29,30). The van der Waals surface area contributed by atoms with E-state index in [0.29, 0.717) is 5.56 Å². The zero-order valence-electron chi connectivity index (χ0n) is 15.8. The van der Waals surface area contributed by atoms with Gasteiger partial charge in [0.25, 0.3) is 11.5 Å². The van der Waals surface area contributed by atoms with Crippen LogP contribution in [0, 0.1) is 0 Å². The minimum atomic E-state index is -4.53. The van der Waals surface area contributed by atoms with E-state index in [2.05, 4.69) is 0 Å². The number of aromatic hydroxyl groups is 1. The highest BCUT2D eigenvalue weighted by atomic mass is 19.4. The van der Waals surface area contributed by atoms with Crippen molar-refractivity contribution in [3.8, 4) is 5.75 Å². The molecule has 0 radical (unpaired) electrons. The fourth-order valence-corrected chi connectivity index (χ4v) is 3.15. The summed E-state index contributed by atoms with van der Waals surface area (Å²) in [5.74, 6) is -3.45. The Morgan fingerprint density at radius 2 is 1.84 bits per heavy atom. The van der Waals surface area contributed by atoms with Crippen LogP contribution in [0.15, 0.2) is 29.1 Å². The van der Waals surface area contributed by atoms with E-state index in [0.717, 1.165) is 16.7 Å². The molecule has 166 valence electrons. The molecule has 0 bridgehead atoms. The van der Waals surface area contributed by atoms with Gasteiger partial charge in [0, 0.05) is 5.56 Å². The third-order valence-corrected chi connectivity index (χ3v) is 4.78. The predicted octanol–water partition coefficient (Wildman–Crippen LogP) is 0.827. The van der Waals surface area contributed by atoms with Crippen LogP contribution in [0.3, 0.4) is 0 Å². The van der Waals surface area contributed by atoms with E-state index in [1.54, 1.807) is 0 Å². The van der Waals surface area contributed by atoms with E-state index in [-0.39, 0.29) is 31.0 Å². The highest BCUT2D eigenvalue weighted by Crippen LogP contribution is 2.31. The lowest BCUT2D eigenvalue weighted by atomic mass is 10.1. The van der Waals surface area contributed by atoms with Crippen molar-refractivity contribution < 1.29 is 42.8 Å². The van der Waals surface area contributed by atoms with Crippen LogP contribution in [0.1, 0.15) is 32.7 Å². The summed E-state index contributed by atoms with van der Waals surface area (Å²) in [6.07, 6.45) is -4.53. The van der Waals surface area contributed by atoms with Crippen molar-refractivity contribution in [2.75, 3.05) is 6.61 Å². The van der Waals surface area contributed by atoms with Gasteiger partial charge in [0.05, 0.1) is 37.6 Å². The van der Waals surface area contributed by atoms with Gasteiger partial charge >= 0.3 is 12.1 Å². The van der Waals surface area contributed by atoms with Crippen LogP contribution in [0.25, 0.3) is 0 Å². The number of pyridine rings is 1. The second-order valence-corrected chi connectivity index (χ2v) is 6.77. The molecule has 2 aromatic rings. The molecule has 12 heteroatoms. The van der Waals surface area contributed by atoms with E-state index < -0.39 is 53.1 Å². The molecule has 1 aromatic carbocycles. The van der Waals surface area contributed by atoms with Gasteiger partial charge in [-0.15, -0.1) is 0 Å². The zero-order valence-corrected chi connectivity index (χ0v) is 15.8. The van der Waals surface area contributed by atoms with Crippen LogP contribution in [0.2, 0.25) is 0 Å². The highest BCUT2D eigenvalue weighted by molar-refractivity contribution is 5.99. The number of nitrogens with one attached hydrogen (secondary N) is 1. The molecule has 1 aliphatic rings. The third kappa shape index (κ3) is 4.39. The van der Waals surface area contributed by atoms with Crippen molar-refractivity contribution in [1.29, 1.82) is 0 Å². The van der Waals surface area contributed by atoms with Gasteiger partial charge in [0.15, 0.2) is 6.04 Å². The molecular weight excluding hydrogens is 425 g/mol. The summed E-state index contributed by atoms with van der Waals surface area (Å²) in [6, 6.07) is 2.35. The minimum absolute atomic E-state index is 0.0743. The van der Waals surface area contributed by atoms with Gasteiger partial charge in [-0.05, 0) is 17.7 Å². The summed E-state index contributed by atoms with van der Waals surface area (Å²) >= 11 is 0. The molecule has 1 amide bonds. The lowest BCUT2D eigenvalue weighted by molar-refractivity contribution is -0.140. The number of nitrogens with zero attached hydrogens (tertiary/aromatic N) is 1. The molecule has 1 atom stereocenters. The number of carboxylic acid groups (broad SMARTS) is 1. The molecule has 0 saturated heterocycles. The normalized spacial score (nSPS) is 14.2. The van der Waals surface area contributed by atoms with Crippen molar-refractivity contribution in [1.82, 2.24) is 9.88 Å². The fraction of sp³-hybridized carbons (Fsp3) is 0.316. The number of alkyl halides is 3. The number of rotatable bonds is 6. The van der Waals surface area contributed by atoms with E-state index in [9.17, 15) is 32.7 Å². The molecule has 3 rings (SSSR count). The van der Waals surface area contributed by atoms with Gasteiger partial charge in [-0.25, -0.2) is 4.79 Å². The Kier molecular flexibility index (Phi) is 6.04. The van der Waals surface area contributed by atoms with E-state index in [1.807, 2.05) is 5.32 Å². The molecule has 9 nitrogen and oxygen atoms in total. The lowest BCUT2D eigenvalue weighted by Gasteiger charge is -2.17. The summed E-state index contributed by atoms with van der Waals surface area (Å²) in [4.78, 5) is 36.5. The number of fused-ring (bicyclic) bond motifs is 1. The molecule has 1 aliphatic heterocycles. The number of halogens is 3. The first-order chi connectivity index (χ1) is 14.5. The molecule has 1 unspecified atom stereocenters. The minimum Gasteiger partial charge on any atom is -0.506 e. The van der Waals surface area contributed by atoms with Gasteiger partial charge < -0.3 is 29.9 Å². The Bertz CT molecular complexity index is 1080. The maximum Gasteiger partial charge on any atom is 0.416 e. The SMILES string of the molecule is O=C(NC(CO)C(=O)O)c1c(O)c2c(n(Cc3ccc(C(F)(F)F)cc3)c1=O)COC2. The topological polar surface area (TPSA) is 138 Å². The Morgan fingerprint density at radius 1 is 1.19 bits per heavy atom. The molecule has 0 aliphatic carbocycles. The maximum absolute atomic E-state index is 13.0. The number of aromatic nitrogens is 1. The van der Waals surface area contributed by atoms with Crippen LogP contribution in [0.5, 0.6) is 5.75 Å². The van der Waals surface area contributed by atoms with Gasteiger partial charge in [-0.2, -0.15) is 13.2 Å². The van der Waals surface area contributed by atoms with Crippen LogP contribution in [-0.2, 0) is 35.5 Å². The summed E-state index contributed by atoms with van der Waals surface area (Å²) in [6.45, 7) is -1.37. The monoisotopic (exact) mass is 442 g/mol. The Morgan fingerprint density at radius 3 is 2.39 bits per heavy atom. The first-order valence-electron chi connectivity index (χ1n) is 8.90. The number of ether oxygens (including phenoxy) is 1. The van der Waals surface area contributed by atoms with Gasteiger partial charge in [0.2, 0.25) is 0 Å². The Hall–Kier alpha value is -3.38. The zero-order chi connectivity index (χ0) is 22.9. The molecule has 0 fully saturated rings. The number of amides is 1. The summed E-state index contributed by atoms with van der Waals surface area (Å²) in [5.41, 5.74) is -1.91. The molecule has 31 heavy (non-hydrogen) atoms. The number of carboxylic acids is 1. The van der Waals surface area contributed by atoms with Crippen LogP contribution in [0.4, 0.5) is 13.2 Å². The second-order valence-electron chi connectivity index (χ2n) is 6.77. The number of carbonyl (C=O) groups excluding carboxylic acids is 1. The predicted molar refractivity (Wildman–Crippen MR) is 97.4 cm³/mol. The fourth-order valence-electron chi connectivity index (χ4n) is 3.15. The van der Waals surface area contributed by atoms with Crippen LogP contribution >= 0.6 is 0 Å². The highest BCUT2D eigenvalue weighted by Gasteiger charge is 2.32. The first kappa shape index (κ1) is 22.3. The van der Waals surface area contributed by atoms with Crippen molar-refractivity contribution in [3.05, 3.63) is 62.6 Å². The number of carbonyl (C=O) groups is 2. The number of aliphatic hydroxyl groups is 1. The van der Waals surface area contributed by atoms with Crippen LogP contribution in [-0.4, -0.2) is 44.4 Å². The summed E-state index contributed by atoms with van der Waals surface area (Å²) in [5, 5.41) is 30.4. The average molecular weight is 442 g/mol. The molecule has 0 saturated carbocycles. The second kappa shape index (κ2) is 8.40. The largest absolute Gasteiger partial charge is 0.506 e. The van der Waals surface area contributed by atoms with E-state index in [4.69, 9.17) is 14.9 Å². The number of hydrogen-bond donors (Lipinski definition) is 4. The van der Waals surface area contributed by atoms with Gasteiger partial charge in [-0.3, -0.25) is 9.59 Å².